The molecule has 1 aliphatic rings. The number of hydrogen-bond donors (Lipinski definition) is 1. The molecule has 9 nitrogen and oxygen atoms in total. The predicted octanol–water partition coefficient (Wildman–Crippen LogP) is 3.69. The lowest BCUT2D eigenvalue weighted by atomic mass is 10.1. The molecule has 1 saturated carbocycles. The first-order valence-corrected chi connectivity index (χ1v) is 10.6. The minimum atomic E-state index is -0.361. The smallest absolute Gasteiger partial charge is 0.346 e. The summed E-state index contributed by atoms with van der Waals surface area (Å²) in [6, 6.07) is 10.8. The van der Waals surface area contributed by atoms with Gasteiger partial charge in [0, 0.05) is 18.2 Å². The molecule has 3 heterocycles. The Bertz CT molecular complexity index is 1330. The van der Waals surface area contributed by atoms with E-state index in [1.807, 2.05) is 6.07 Å². The van der Waals surface area contributed by atoms with Crippen LogP contribution in [-0.2, 0) is 6.54 Å². The Balaban J connectivity index is 1.34. The Morgan fingerprint density at radius 3 is 2.78 bits per heavy atom. The van der Waals surface area contributed by atoms with Crippen LogP contribution in [0.2, 0.25) is 5.02 Å². The fourth-order valence-corrected chi connectivity index (χ4v) is 3.87. The SMILES string of the molecule is Cc1onc(-c2ccccc2Cl)c1C(=O)NCCn1nc(-c2ccco2)n(C2CC2)c1=O. The lowest BCUT2D eigenvalue weighted by Crippen LogP contribution is -2.32. The molecule has 3 aromatic heterocycles. The van der Waals surface area contributed by atoms with Crippen LogP contribution in [0.25, 0.3) is 22.8 Å². The van der Waals surface area contributed by atoms with E-state index in [1.54, 1.807) is 48.1 Å². The van der Waals surface area contributed by atoms with Gasteiger partial charge < -0.3 is 14.3 Å². The number of carbonyl (C=O) groups is 1. The van der Waals surface area contributed by atoms with Crippen LogP contribution in [0, 0.1) is 6.92 Å². The largest absolute Gasteiger partial charge is 0.461 e. The molecule has 4 aromatic rings. The zero-order valence-electron chi connectivity index (χ0n) is 17.2. The summed E-state index contributed by atoms with van der Waals surface area (Å²) in [4.78, 5) is 25.8. The van der Waals surface area contributed by atoms with Gasteiger partial charge in [0.15, 0.2) is 5.76 Å². The van der Waals surface area contributed by atoms with E-state index in [0.717, 1.165) is 12.8 Å². The molecule has 0 saturated heterocycles. The first-order chi connectivity index (χ1) is 15.5. The Morgan fingerprint density at radius 2 is 2.06 bits per heavy atom. The van der Waals surface area contributed by atoms with Crippen molar-refractivity contribution >= 4 is 17.5 Å². The summed E-state index contributed by atoms with van der Waals surface area (Å²) in [5.74, 6) is 1.07. The summed E-state index contributed by atoms with van der Waals surface area (Å²) in [5.41, 5.74) is 1.08. The van der Waals surface area contributed by atoms with Gasteiger partial charge in [-0.25, -0.2) is 9.48 Å². The van der Waals surface area contributed by atoms with E-state index < -0.39 is 0 Å². The van der Waals surface area contributed by atoms with Crippen LogP contribution in [0.3, 0.4) is 0 Å². The van der Waals surface area contributed by atoms with E-state index in [-0.39, 0.29) is 30.7 Å². The Kier molecular flexibility index (Phi) is 5.18. The highest BCUT2D eigenvalue weighted by Crippen LogP contribution is 2.36. The second-order valence-corrected chi connectivity index (χ2v) is 8.01. The Hall–Kier alpha value is -3.59. The predicted molar refractivity (Wildman–Crippen MR) is 116 cm³/mol. The van der Waals surface area contributed by atoms with Crippen LogP contribution < -0.4 is 11.0 Å². The third-order valence-electron chi connectivity index (χ3n) is 5.35. The second kappa shape index (κ2) is 8.16. The molecule has 0 atom stereocenters. The number of halogens is 1. The molecule has 5 rings (SSSR count). The van der Waals surface area contributed by atoms with Crippen molar-refractivity contribution in [1.29, 1.82) is 0 Å². The number of hydrogen-bond acceptors (Lipinski definition) is 6. The second-order valence-electron chi connectivity index (χ2n) is 7.61. The van der Waals surface area contributed by atoms with Gasteiger partial charge in [-0.15, -0.1) is 5.10 Å². The Morgan fingerprint density at radius 1 is 1.25 bits per heavy atom. The number of amides is 1. The molecule has 0 aliphatic heterocycles. The van der Waals surface area contributed by atoms with Crippen molar-refractivity contribution in [3.05, 3.63) is 69.5 Å². The number of rotatable bonds is 7. The molecule has 1 aliphatic carbocycles. The van der Waals surface area contributed by atoms with Gasteiger partial charge >= 0.3 is 5.69 Å². The quantitative estimate of drug-likeness (QED) is 0.457. The highest BCUT2D eigenvalue weighted by atomic mass is 35.5. The summed E-state index contributed by atoms with van der Waals surface area (Å²) in [6.07, 6.45) is 3.43. The third kappa shape index (κ3) is 3.64. The molecule has 0 spiro atoms. The summed E-state index contributed by atoms with van der Waals surface area (Å²) in [6.45, 7) is 2.08. The Labute approximate surface area is 187 Å². The maximum absolute atomic E-state index is 12.9. The first kappa shape index (κ1) is 20.3. The number of nitrogens with zero attached hydrogens (tertiary/aromatic N) is 4. The number of aromatic nitrogens is 4. The van der Waals surface area contributed by atoms with E-state index in [4.69, 9.17) is 20.5 Å². The van der Waals surface area contributed by atoms with Crippen molar-refractivity contribution in [2.24, 2.45) is 0 Å². The molecular weight excluding hydrogens is 434 g/mol. The lowest BCUT2D eigenvalue weighted by molar-refractivity contribution is 0.0951. The fraction of sp³-hybridized carbons (Fsp3) is 0.273. The number of aryl methyl sites for hydroxylation is 1. The van der Waals surface area contributed by atoms with Crippen molar-refractivity contribution < 1.29 is 13.7 Å². The van der Waals surface area contributed by atoms with E-state index in [2.05, 4.69) is 15.6 Å². The number of furan rings is 1. The highest BCUT2D eigenvalue weighted by Gasteiger charge is 2.31. The van der Waals surface area contributed by atoms with Crippen LogP contribution in [-0.4, -0.2) is 32.0 Å². The van der Waals surface area contributed by atoms with Gasteiger partial charge in [0.05, 0.1) is 17.8 Å². The van der Waals surface area contributed by atoms with Crippen molar-refractivity contribution in [3.8, 4) is 22.8 Å². The molecule has 0 bridgehead atoms. The van der Waals surface area contributed by atoms with Gasteiger partial charge in [0.2, 0.25) is 5.82 Å². The molecule has 1 aromatic carbocycles. The summed E-state index contributed by atoms with van der Waals surface area (Å²) in [7, 11) is 0. The molecule has 32 heavy (non-hydrogen) atoms. The van der Waals surface area contributed by atoms with Gasteiger partial charge in [-0.3, -0.25) is 9.36 Å². The minimum Gasteiger partial charge on any atom is -0.461 e. The maximum atomic E-state index is 12.9. The molecule has 164 valence electrons. The normalized spacial score (nSPS) is 13.4. The lowest BCUT2D eigenvalue weighted by Gasteiger charge is -2.06. The summed E-state index contributed by atoms with van der Waals surface area (Å²) < 4.78 is 13.7. The monoisotopic (exact) mass is 453 g/mol. The minimum absolute atomic E-state index is 0.142. The van der Waals surface area contributed by atoms with Gasteiger partial charge in [-0.1, -0.05) is 35.0 Å². The maximum Gasteiger partial charge on any atom is 0.346 e. The molecule has 1 fully saturated rings. The van der Waals surface area contributed by atoms with E-state index in [1.165, 1.54) is 4.68 Å². The molecule has 10 heteroatoms. The molecule has 0 radical (unpaired) electrons. The van der Waals surface area contributed by atoms with Gasteiger partial charge in [0.1, 0.15) is 17.0 Å². The van der Waals surface area contributed by atoms with Crippen LogP contribution in [0.5, 0.6) is 0 Å². The first-order valence-electron chi connectivity index (χ1n) is 10.3. The van der Waals surface area contributed by atoms with Gasteiger partial charge in [-0.05, 0) is 38.0 Å². The van der Waals surface area contributed by atoms with Gasteiger partial charge in [-0.2, -0.15) is 0 Å². The molecule has 1 N–H and O–H groups in total. The number of benzene rings is 1. The fourth-order valence-electron chi connectivity index (χ4n) is 3.64. The molecular formula is C22H20ClN5O4. The zero-order valence-corrected chi connectivity index (χ0v) is 18.0. The van der Waals surface area contributed by atoms with Crippen molar-refractivity contribution in [2.75, 3.05) is 6.54 Å². The number of carbonyl (C=O) groups excluding carboxylic acids is 1. The topological polar surface area (TPSA) is 108 Å². The van der Waals surface area contributed by atoms with Crippen LogP contribution in [0.15, 0.2) is 56.4 Å². The average Bonchev–Trinajstić information content (AvgIpc) is 3.18. The summed E-state index contributed by atoms with van der Waals surface area (Å²) in [5, 5.41) is 11.8. The van der Waals surface area contributed by atoms with Crippen LogP contribution in [0.1, 0.15) is 35.0 Å². The molecule has 1 amide bonds. The third-order valence-corrected chi connectivity index (χ3v) is 5.68. The van der Waals surface area contributed by atoms with E-state index in [9.17, 15) is 9.59 Å². The molecule has 0 unspecified atom stereocenters. The standard InChI is InChI=1S/C22H20ClN5O4/c1-13-18(19(26-32-13)15-5-2-3-6-16(15)23)21(29)24-10-11-27-22(30)28(14-8-9-14)20(25-27)17-7-4-12-31-17/h2-7,12,14H,8-11H2,1H3,(H,24,29). The summed E-state index contributed by atoms with van der Waals surface area (Å²) >= 11 is 6.27. The zero-order chi connectivity index (χ0) is 22.2. The van der Waals surface area contributed by atoms with Crippen molar-refractivity contribution in [1.82, 2.24) is 24.8 Å². The van der Waals surface area contributed by atoms with Crippen molar-refractivity contribution in [2.45, 2.75) is 32.4 Å². The van der Waals surface area contributed by atoms with Gasteiger partial charge in [0.25, 0.3) is 5.91 Å². The number of nitrogens with one attached hydrogen (secondary N) is 1. The van der Waals surface area contributed by atoms with Crippen LogP contribution in [0.4, 0.5) is 0 Å². The average molecular weight is 454 g/mol. The highest BCUT2D eigenvalue weighted by molar-refractivity contribution is 6.33. The van der Waals surface area contributed by atoms with E-state index in [0.29, 0.717) is 39.2 Å². The van der Waals surface area contributed by atoms with E-state index >= 15 is 0 Å². The van der Waals surface area contributed by atoms with Crippen LogP contribution >= 0.6 is 11.6 Å². The van der Waals surface area contributed by atoms with Crippen molar-refractivity contribution in [3.63, 3.8) is 0 Å².